The van der Waals surface area contributed by atoms with Crippen molar-refractivity contribution in [3.63, 3.8) is 0 Å². The van der Waals surface area contributed by atoms with Gasteiger partial charge in [0.15, 0.2) is 5.11 Å². The van der Waals surface area contributed by atoms with Crippen LogP contribution in [0, 0.1) is 0 Å². The van der Waals surface area contributed by atoms with Crippen LogP contribution in [0.15, 0.2) is 54.6 Å². The molecule has 0 saturated heterocycles. The Morgan fingerprint density at radius 2 is 1.68 bits per heavy atom. The zero-order valence-electron chi connectivity index (χ0n) is 15.2. The normalized spacial score (nSPS) is 10.6. The van der Waals surface area contributed by atoms with Crippen LogP contribution in [-0.4, -0.2) is 48.7 Å². The van der Waals surface area contributed by atoms with Crippen LogP contribution < -0.4 is 10.1 Å². The molecule has 0 aliphatic carbocycles. The van der Waals surface area contributed by atoms with Crippen molar-refractivity contribution in [3.8, 4) is 5.75 Å². The lowest BCUT2D eigenvalue weighted by Gasteiger charge is -2.27. The highest BCUT2D eigenvalue weighted by molar-refractivity contribution is 7.80. The maximum Gasteiger partial charge on any atom is 0.173 e. The minimum Gasteiger partial charge on any atom is -0.494 e. The van der Waals surface area contributed by atoms with Crippen molar-refractivity contribution in [1.82, 2.24) is 9.80 Å². The molecule has 1 N–H and O–H groups in total. The van der Waals surface area contributed by atoms with E-state index in [1.54, 1.807) is 0 Å². The Bertz CT molecular complexity index is 644. The highest BCUT2D eigenvalue weighted by atomic mass is 32.1. The molecule has 5 heteroatoms. The second-order valence-corrected chi connectivity index (χ2v) is 6.48. The van der Waals surface area contributed by atoms with Crippen molar-refractivity contribution in [1.29, 1.82) is 0 Å². The molecule has 2 aromatic carbocycles. The Balaban J connectivity index is 2.02. The lowest BCUT2D eigenvalue weighted by Crippen LogP contribution is -2.38. The minimum atomic E-state index is 0.667. The predicted molar refractivity (Wildman–Crippen MR) is 109 cm³/mol. The van der Waals surface area contributed by atoms with Gasteiger partial charge in [-0.3, -0.25) is 0 Å². The summed E-state index contributed by atoms with van der Waals surface area (Å²) >= 11 is 5.66. The SMILES string of the molecule is CCOc1ccc(NC(=S)N(CCN(C)C)Cc2ccccc2)cc1. The van der Waals surface area contributed by atoms with E-state index in [1.165, 1.54) is 5.56 Å². The van der Waals surface area contributed by atoms with E-state index in [-0.39, 0.29) is 0 Å². The molecule has 0 spiro atoms. The average Bonchev–Trinajstić information content (AvgIpc) is 2.61. The van der Waals surface area contributed by atoms with Crippen molar-refractivity contribution >= 4 is 23.0 Å². The largest absolute Gasteiger partial charge is 0.494 e. The van der Waals surface area contributed by atoms with E-state index >= 15 is 0 Å². The fourth-order valence-corrected chi connectivity index (χ4v) is 2.65. The van der Waals surface area contributed by atoms with Crippen LogP contribution in [0.3, 0.4) is 0 Å². The predicted octanol–water partition coefficient (Wildman–Crippen LogP) is 3.85. The molecular weight excluding hydrogens is 330 g/mol. The van der Waals surface area contributed by atoms with E-state index in [0.717, 1.165) is 36.2 Å². The quantitative estimate of drug-likeness (QED) is 0.725. The van der Waals surface area contributed by atoms with E-state index in [0.29, 0.717) is 6.61 Å². The van der Waals surface area contributed by atoms with E-state index in [2.05, 4.69) is 53.5 Å². The summed E-state index contributed by atoms with van der Waals surface area (Å²) in [6.07, 6.45) is 0. The molecule has 0 bridgehead atoms. The average molecular weight is 358 g/mol. The Hall–Kier alpha value is -2.11. The zero-order chi connectivity index (χ0) is 18.1. The molecule has 0 amide bonds. The minimum absolute atomic E-state index is 0.667. The molecule has 134 valence electrons. The molecule has 0 aromatic heterocycles. The number of anilines is 1. The number of hydrogen-bond acceptors (Lipinski definition) is 3. The van der Waals surface area contributed by atoms with Gasteiger partial charge in [0, 0.05) is 25.3 Å². The topological polar surface area (TPSA) is 27.7 Å². The summed E-state index contributed by atoms with van der Waals surface area (Å²) in [5.41, 5.74) is 2.22. The fourth-order valence-electron chi connectivity index (χ4n) is 2.38. The smallest absolute Gasteiger partial charge is 0.173 e. The van der Waals surface area contributed by atoms with Gasteiger partial charge in [-0.1, -0.05) is 30.3 Å². The van der Waals surface area contributed by atoms with E-state index in [9.17, 15) is 0 Å². The number of nitrogens with one attached hydrogen (secondary N) is 1. The molecule has 0 radical (unpaired) electrons. The second-order valence-electron chi connectivity index (χ2n) is 6.10. The molecule has 0 saturated carbocycles. The van der Waals surface area contributed by atoms with E-state index < -0.39 is 0 Å². The number of hydrogen-bond donors (Lipinski definition) is 1. The summed E-state index contributed by atoms with van der Waals surface area (Å²) in [5, 5.41) is 4.07. The highest BCUT2D eigenvalue weighted by Crippen LogP contribution is 2.16. The summed E-state index contributed by atoms with van der Waals surface area (Å²) in [7, 11) is 4.15. The lowest BCUT2D eigenvalue weighted by molar-refractivity contribution is 0.328. The molecule has 0 fully saturated rings. The first kappa shape index (κ1) is 19.2. The van der Waals surface area contributed by atoms with Crippen LogP contribution >= 0.6 is 12.2 Å². The van der Waals surface area contributed by atoms with Gasteiger partial charge in [0.2, 0.25) is 0 Å². The maximum absolute atomic E-state index is 5.66. The van der Waals surface area contributed by atoms with Crippen LogP contribution in [0.2, 0.25) is 0 Å². The van der Waals surface area contributed by atoms with E-state index in [1.807, 2.05) is 37.3 Å². The van der Waals surface area contributed by atoms with Gasteiger partial charge in [-0.25, -0.2) is 0 Å². The number of nitrogens with zero attached hydrogens (tertiary/aromatic N) is 2. The van der Waals surface area contributed by atoms with Crippen molar-refractivity contribution in [2.75, 3.05) is 39.1 Å². The van der Waals surface area contributed by atoms with Crippen molar-refractivity contribution < 1.29 is 4.74 Å². The molecule has 2 rings (SSSR count). The van der Waals surface area contributed by atoms with Gasteiger partial charge < -0.3 is 19.9 Å². The summed E-state index contributed by atoms with van der Waals surface area (Å²) in [4.78, 5) is 4.36. The van der Waals surface area contributed by atoms with Gasteiger partial charge >= 0.3 is 0 Å². The molecule has 2 aromatic rings. The van der Waals surface area contributed by atoms with Crippen molar-refractivity contribution in [2.24, 2.45) is 0 Å². The van der Waals surface area contributed by atoms with E-state index in [4.69, 9.17) is 17.0 Å². The standard InChI is InChI=1S/C20H27N3OS/c1-4-24-19-12-10-18(11-13-19)21-20(25)23(15-14-22(2)3)16-17-8-6-5-7-9-17/h5-13H,4,14-16H2,1-3H3,(H,21,25). The third-order valence-corrected chi connectivity index (χ3v) is 4.10. The van der Waals surface area contributed by atoms with Crippen LogP contribution in [0.5, 0.6) is 5.75 Å². The summed E-state index contributed by atoms with van der Waals surface area (Å²) in [5.74, 6) is 0.868. The van der Waals surface area contributed by atoms with Gasteiger partial charge in [0.25, 0.3) is 0 Å². The Morgan fingerprint density at radius 3 is 2.28 bits per heavy atom. The molecule has 25 heavy (non-hydrogen) atoms. The lowest BCUT2D eigenvalue weighted by atomic mass is 10.2. The molecule has 0 unspecified atom stereocenters. The number of benzene rings is 2. The summed E-state index contributed by atoms with van der Waals surface area (Å²) < 4.78 is 5.48. The molecule has 0 atom stereocenters. The third kappa shape index (κ3) is 6.72. The van der Waals surface area contributed by atoms with Crippen LogP contribution in [0.1, 0.15) is 12.5 Å². The monoisotopic (exact) mass is 357 g/mol. The first-order valence-electron chi connectivity index (χ1n) is 8.56. The fraction of sp³-hybridized carbons (Fsp3) is 0.350. The van der Waals surface area contributed by atoms with Gasteiger partial charge in [-0.05, 0) is 63.1 Å². The van der Waals surface area contributed by atoms with Crippen molar-refractivity contribution in [2.45, 2.75) is 13.5 Å². The Kier molecular flexibility index (Phi) is 7.70. The van der Waals surface area contributed by atoms with Crippen LogP contribution in [0.25, 0.3) is 0 Å². The number of thiocarbonyl (C=S) groups is 1. The number of rotatable bonds is 8. The maximum atomic E-state index is 5.66. The van der Waals surface area contributed by atoms with Gasteiger partial charge in [-0.15, -0.1) is 0 Å². The summed E-state index contributed by atoms with van der Waals surface area (Å²) in [6, 6.07) is 18.3. The summed E-state index contributed by atoms with van der Waals surface area (Å²) in [6.45, 7) is 5.24. The third-order valence-electron chi connectivity index (χ3n) is 3.74. The highest BCUT2D eigenvalue weighted by Gasteiger charge is 2.11. The molecule has 0 heterocycles. The zero-order valence-corrected chi connectivity index (χ0v) is 16.1. The Morgan fingerprint density at radius 1 is 1.00 bits per heavy atom. The van der Waals surface area contributed by atoms with Crippen LogP contribution in [0.4, 0.5) is 5.69 Å². The van der Waals surface area contributed by atoms with Crippen LogP contribution in [-0.2, 0) is 6.54 Å². The molecular formula is C20H27N3OS. The van der Waals surface area contributed by atoms with Crippen molar-refractivity contribution in [3.05, 3.63) is 60.2 Å². The first-order chi connectivity index (χ1) is 12.1. The van der Waals surface area contributed by atoms with Gasteiger partial charge in [0.05, 0.1) is 6.61 Å². The first-order valence-corrected chi connectivity index (χ1v) is 8.96. The van der Waals surface area contributed by atoms with Gasteiger partial charge in [0.1, 0.15) is 5.75 Å². The van der Waals surface area contributed by atoms with Gasteiger partial charge in [-0.2, -0.15) is 0 Å². The molecule has 4 nitrogen and oxygen atoms in total. The number of likely N-dealkylation sites (N-methyl/N-ethyl adjacent to an activating group) is 1. The molecule has 0 aliphatic heterocycles. The second kappa shape index (κ2) is 10.0. The molecule has 0 aliphatic rings. The Labute approximate surface area is 156 Å². The number of ether oxygens (including phenoxy) is 1.